The second kappa shape index (κ2) is 8.05. The molecule has 0 aliphatic carbocycles. The molecular formula is C16H28N4O. The number of hydrogen-bond donors (Lipinski definition) is 1. The van der Waals surface area contributed by atoms with Gasteiger partial charge in [-0.15, -0.1) is 0 Å². The van der Waals surface area contributed by atoms with Crippen molar-refractivity contribution in [1.82, 2.24) is 9.97 Å². The van der Waals surface area contributed by atoms with Crippen LogP contribution in [0.15, 0.2) is 6.33 Å². The van der Waals surface area contributed by atoms with Crippen molar-refractivity contribution in [2.24, 2.45) is 5.92 Å². The van der Waals surface area contributed by atoms with Gasteiger partial charge in [-0.25, -0.2) is 9.97 Å². The van der Waals surface area contributed by atoms with E-state index in [1.165, 1.54) is 25.7 Å². The van der Waals surface area contributed by atoms with Crippen LogP contribution in [-0.2, 0) is 0 Å². The zero-order valence-electron chi connectivity index (χ0n) is 13.6. The number of aromatic nitrogens is 2. The number of anilines is 2. The largest absolute Gasteiger partial charge is 0.490 e. The normalized spacial score (nSPS) is 19.2. The van der Waals surface area contributed by atoms with Crippen LogP contribution >= 0.6 is 0 Å². The number of rotatable bonds is 6. The van der Waals surface area contributed by atoms with E-state index in [0.29, 0.717) is 0 Å². The Morgan fingerprint density at radius 1 is 1.29 bits per heavy atom. The van der Waals surface area contributed by atoms with Gasteiger partial charge >= 0.3 is 0 Å². The minimum Gasteiger partial charge on any atom is -0.490 e. The van der Waals surface area contributed by atoms with E-state index in [1.54, 1.807) is 13.4 Å². The Labute approximate surface area is 128 Å². The molecule has 1 saturated heterocycles. The zero-order chi connectivity index (χ0) is 15.1. The van der Waals surface area contributed by atoms with Crippen molar-refractivity contribution in [2.45, 2.75) is 46.0 Å². The molecule has 1 aliphatic heterocycles. The molecule has 0 spiro atoms. The first-order chi connectivity index (χ1) is 10.3. The van der Waals surface area contributed by atoms with E-state index >= 15 is 0 Å². The van der Waals surface area contributed by atoms with Gasteiger partial charge in [0.05, 0.1) is 7.11 Å². The number of methoxy groups -OCH3 is 1. The Hall–Kier alpha value is -1.52. The summed E-state index contributed by atoms with van der Waals surface area (Å²) in [6.45, 7) is 7.43. The summed E-state index contributed by atoms with van der Waals surface area (Å²) in [7, 11) is 1.70. The summed E-state index contributed by atoms with van der Waals surface area (Å²) in [6, 6.07) is 0. The topological polar surface area (TPSA) is 50.3 Å². The second-order valence-corrected chi connectivity index (χ2v) is 5.70. The van der Waals surface area contributed by atoms with Crippen molar-refractivity contribution in [3.8, 4) is 5.75 Å². The molecule has 1 atom stereocenters. The molecule has 1 aromatic rings. The Balaban J connectivity index is 2.18. The molecule has 2 rings (SSSR count). The van der Waals surface area contributed by atoms with Crippen molar-refractivity contribution in [2.75, 3.05) is 37.0 Å². The lowest BCUT2D eigenvalue weighted by molar-refractivity contribution is 0.411. The summed E-state index contributed by atoms with van der Waals surface area (Å²) in [5, 5.41) is 3.33. The fraction of sp³-hybridized carbons (Fsp3) is 0.750. The van der Waals surface area contributed by atoms with Gasteiger partial charge in [0, 0.05) is 19.6 Å². The zero-order valence-corrected chi connectivity index (χ0v) is 13.6. The summed E-state index contributed by atoms with van der Waals surface area (Å²) in [5.41, 5.74) is 0. The SMILES string of the molecule is CCCNc1ncnc(N2CCCC(CC)CC2)c1OC. The van der Waals surface area contributed by atoms with E-state index in [1.807, 2.05) is 0 Å². The van der Waals surface area contributed by atoms with Crippen LogP contribution in [0.1, 0.15) is 46.0 Å². The molecule has 5 nitrogen and oxygen atoms in total. The molecule has 21 heavy (non-hydrogen) atoms. The fourth-order valence-corrected chi connectivity index (χ4v) is 2.93. The molecule has 0 aromatic carbocycles. The van der Waals surface area contributed by atoms with Crippen molar-refractivity contribution >= 4 is 11.6 Å². The van der Waals surface area contributed by atoms with E-state index in [0.717, 1.165) is 49.4 Å². The third-order valence-corrected chi connectivity index (χ3v) is 4.26. The predicted octanol–water partition coefficient (Wildman–Crippen LogP) is 3.32. The van der Waals surface area contributed by atoms with Gasteiger partial charge in [0.1, 0.15) is 6.33 Å². The fourth-order valence-electron chi connectivity index (χ4n) is 2.93. The third kappa shape index (κ3) is 3.99. The molecule has 0 amide bonds. The molecule has 1 N–H and O–H groups in total. The maximum absolute atomic E-state index is 5.59. The number of ether oxygens (including phenoxy) is 1. The molecule has 0 bridgehead atoms. The average Bonchev–Trinajstić information content (AvgIpc) is 2.77. The van der Waals surface area contributed by atoms with Gasteiger partial charge in [0.2, 0.25) is 5.75 Å². The van der Waals surface area contributed by atoms with Crippen molar-refractivity contribution < 1.29 is 4.74 Å². The second-order valence-electron chi connectivity index (χ2n) is 5.70. The maximum Gasteiger partial charge on any atom is 0.204 e. The van der Waals surface area contributed by atoms with Gasteiger partial charge in [-0.05, 0) is 31.6 Å². The van der Waals surface area contributed by atoms with E-state index in [4.69, 9.17) is 4.74 Å². The number of nitrogens with zero attached hydrogens (tertiary/aromatic N) is 3. The molecule has 1 fully saturated rings. The first-order valence-corrected chi connectivity index (χ1v) is 8.17. The average molecular weight is 292 g/mol. The molecule has 0 saturated carbocycles. The highest BCUT2D eigenvalue weighted by atomic mass is 16.5. The van der Waals surface area contributed by atoms with Gasteiger partial charge in [-0.3, -0.25) is 0 Å². The molecule has 118 valence electrons. The lowest BCUT2D eigenvalue weighted by Gasteiger charge is -2.24. The maximum atomic E-state index is 5.59. The van der Waals surface area contributed by atoms with E-state index < -0.39 is 0 Å². The van der Waals surface area contributed by atoms with Gasteiger partial charge in [0.15, 0.2) is 11.6 Å². The summed E-state index contributed by atoms with van der Waals surface area (Å²) in [5.74, 6) is 3.37. The van der Waals surface area contributed by atoms with Crippen molar-refractivity contribution in [3.63, 3.8) is 0 Å². The minimum atomic E-state index is 0.779. The standard InChI is InChI=1S/C16H28N4O/c1-4-9-17-15-14(21-3)16(19-12-18-15)20-10-6-7-13(5-2)8-11-20/h12-13H,4-11H2,1-3H3,(H,17,18,19). The van der Waals surface area contributed by atoms with Crippen LogP contribution in [0.2, 0.25) is 0 Å². The molecule has 0 radical (unpaired) electrons. The van der Waals surface area contributed by atoms with Crippen LogP contribution < -0.4 is 15.0 Å². The van der Waals surface area contributed by atoms with Crippen molar-refractivity contribution in [1.29, 1.82) is 0 Å². The third-order valence-electron chi connectivity index (χ3n) is 4.26. The Morgan fingerprint density at radius 2 is 2.14 bits per heavy atom. The Morgan fingerprint density at radius 3 is 2.86 bits per heavy atom. The summed E-state index contributed by atoms with van der Waals surface area (Å²) < 4.78 is 5.59. The van der Waals surface area contributed by atoms with Crippen LogP contribution in [-0.4, -0.2) is 36.7 Å². The minimum absolute atomic E-state index is 0.779. The quantitative estimate of drug-likeness (QED) is 0.871. The molecule has 1 unspecified atom stereocenters. The van der Waals surface area contributed by atoms with Gasteiger partial charge in [-0.1, -0.05) is 20.3 Å². The van der Waals surface area contributed by atoms with Crippen LogP contribution in [0.4, 0.5) is 11.6 Å². The summed E-state index contributed by atoms with van der Waals surface area (Å²) in [6.07, 6.45) is 7.76. The van der Waals surface area contributed by atoms with E-state index in [2.05, 4.69) is 34.0 Å². The first-order valence-electron chi connectivity index (χ1n) is 8.17. The van der Waals surface area contributed by atoms with Crippen LogP contribution in [0.3, 0.4) is 0 Å². The molecular weight excluding hydrogens is 264 g/mol. The van der Waals surface area contributed by atoms with Crippen LogP contribution in [0.25, 0.3) is 0 Å². The number of nitrogens with one attached hydrogen (secondary N) is 1. The van der Waals surface area contributed by atoms with Crippen LogP contribution in [0.5, 0.6) is 5.75 Å². The monoisotopic (exact) mass is 292 g/mol. The Kier molecular flexibility index (Phi) is 6.08. The van der Waals surface area contributed by atoms with Gasteiger partial charge in [0.25, 0.3) is 0 Å². The smallest absolute Gasteiger partial charge is 0.204 e. The van der Waals surface area contributed by atoms with Gasteiger partial charge in [-0.2, -0.15) is 0 Å². The molecule has 1 aliphatic rings. The van der Waals surface area contributed by atoms with Crippen molar-refractivity contribution in [3.05, 3.63) is 6.33 Å². The predicted molar refractivity (Wildman–Crippen MR) is 87.2 cm³/mol. The van der Waals surface area contributed by atoms with Crippen LogP contribution in [0, 0.1) is 5.92 Å². The summed E-state index contributed by atoms with van der Waals surface area (Å²) >= 11 is 0. The van der Waals surface area contributed by atoms with Gasteiger partial charge < -0.3 is 15.0 Å². The molecule has 1 aromatic heterocycles. The Bertz CT molecular complexity index is 438. The lowest BCUT2D eigenvalue weighted by Crippen LogP contribution is -2.26. The highest BCUT2D eigenvalue weighted by Crippen LogP contribution is 2.34. The summed E-state index contributed by atoms with van der Waals surface area (Å²) in [4.78, 5) is 11.2. The lowest BCUT2D eigenvalue weighted by atomic mass is 9.98. The van der Waals surface area contributed by atoms with E-state index in [9.17, 15) is 0 Å². The highest BCUT2D eigenvalue weighted by Gasteiger charge is 2.21. The van der Waals surface area contributed by atoms with E-state index in [-0.39, 0.29) is 0 Å². The molecule has 2 heterocycles. The highest BCUT2D eigenvalue weighted by molar-refractivity contribution is 5.64. The number of hydrogen-bond acceptors (Lipinski definition) is 5. The first kappa shape index (κ1) is 15.9. The molecule has 5 heteroatoms.